The molecule has 9 nitrogen and oxygen atoms in total. The maximum atomic E-state index is 13.5. The molecule has 0 amide bonds. The number of anilines is 2. The van der Waals surface area contributed by atoms with Crippen molar-refractivity contribution >= 4 is 28.8 Å². The molecule has 3 aromatic rings. The summed E-state index contributed by atoms with van der Waals surface area (Å²) in [4.78, 5) is 30.7. The highest BCUT2D eigenvalue weighted by Crippen LogP contribution is 2.34. The van der Waals surface area contributed by atoms with E-state index in [1.165, 1.54) is 19.2 Å². The number of hydrogen-bond donors (Lipinski definition) is 2. The highest BCUT2D eigenvalue weighted by atomic mass is 19.1. The number of hydrogen-bond acceptors (Lipinski definition) is 9. The lowest BCUT2D eigenvalue weighted by Gasteiger charge is -2.48. The summed E-state index contributed by atoms with van der Waals surface area (Å²) in [6.45, 7) is 5.33. The van der Waals surface area contributed by atoms with Crippen LogP contribution in [0.2, 0.25) is 0 Å². The SMILES string of the molecule is CC[C@@H]1CN(c2nc(NN)nc3cccnc23)[C@@H](C)CN1C(C(=O)OC)c1ccc(F)cc1. The van der Waals surface area contributed by atoms with Crippen molar-refractivity contribution in [3.05, 3.63) is 54.0 Å². The average Bonchev–Trinajstić information content (AvgIpc) is 2.84. The first kappa shape index (κ1) is 22.8. The number of hydrazine groups is 1. The molecular weight excluding hydrogens is 425 g/mol. The van der Waals surface area contributed by atoms with Gasteiger partial charge in [-0.25, -0.2) is 20.0 Å². The molecule has 3 heterocycles. The van der Waals surface area contributed by atoms with E-state index in [-0.39, 0.29) is 23.9 Å². The molecule has 10 heteroatoms. The second kappa shape index (κ2) is 9.63. The quantitative estimate of drug-likeness (QED) is 0.331. The first-order valence-corrected chi connectivity index (χ1v) is 10.9. The number of fused-ring (bicyclic) bond motifs is 1. The number of nitrogens with zero attached hydrogens (tertiary/aromatic N) is 5. The predicted octanol–water partition coefficient (Wildman–Crippen LogP) is 2.65. The fourth-order valence-electron chi connectivity index (χ4n) is 4.48. The fourth-order valence-corrected chi connectivity index (χ4v) is 4.48. The van der Waals surface area contributed by atoms with Gasteiger partial charge in [0.2, 0.25) is 5.95 Å². The first-order chi connectivity index (χ1) is 16.0. The van der Waals surface area contributed by atoms with Crippen molar-refractivity contribution in [2.75, 3.05) is 30.5 Å². The summed E-state index contributed by atoms with van der Waals surface area (Å²) < 4.78 is 18.7. The molecule has 2 aromatic heterocycles. The number of ether oxygens (including phenoxy) is 1. The third-order valence-corrected chi connectivity index (χ3v) is 6.13. The minimum absolute atomic E-state index is 0.00821. The summed E-state index contributed by atoms with van der Waals surface area (Å²) in [5.74, 6) is 5.90. The van der Waals surface area contributed by atoms with Gasteiger partial charge in [0.25, 0.3) is 0 Å². The van der Waals surface area contributed by atoms with E-state index in [4.69, 9.17) is 10.6 Å². The van der Waals surface area contributed by atoms with Crippen LogP contribution in [0.15, 0.2) is 42.6 Å². The van der Waals surface area contributed by atoms with E-state index in [9.17, 15) is 9.18 Å². The van der Waals surface area contributed by atoms with Gasteiger partial charge >= 0.3 is 5.97 Å². The van der Waals surface area contributed by atoms with Gasteiger partial charge in [-0.3, -0.25) is 15.3 Å². The van der Waals surface area contributed by atoms with Crippen molar-refractivity contribution < 1.29 is 13.9 Å². The Kier molecular flexibility index (Phi) is 6.66. The number of nitrogen functional groups attached to an aromatic ring is 1. The molecule has 0 radical (unpaired) electrons. The second-order valence-electron chi connectivity index (χ2n) is 8.12. The maximum Gasteiger partial charge on any atom is 0.327 e. The molecule has 3 N–H and O–H groups in total. The largest absolute Gasteiger partial charge is 0.468 e. The van der Waals surface area contributed by atoms with E-state index in [0.717, 1.165) is 6.42 Å². The number of piperazine rings is 1. The Morgan fingerprint density at radius 2 is 2.03 bits per heavy atom. The van der Waals surface area contributed by atoms with Crippen LogP contribution in [0.4, 0.5) is 16.2 Å². The Balaban J connectivity index is 1.71. The number of pyridine rings is 1. The van der Waals surface area contributed by atoms with Crippen molar-refractivity contribution in [3.63, 3.8) is 0 Å². The molecule has 1 saturated heterocycles. The molecule has 1 fully saturated rings. The molecule has 1 aliphatic rings. The van der Waals surface area contributed by atoms with Crippen LogP contribution in [0.3, 0.4) is 0 Å². The van der Waals surface area contributed by atoms with Crippen LogP contribution in [0.1, 0.15) is 31.9 Å². The normalized spacial score (nSPS) is 20.0. The van der Waals surface area contributed by atoms with Crippen molar-refractivity contribution in [1.29, 1.82) is 0 Å². The Morgan fingerprint density at radius 1 is 1.27 bits per heavy atom. The molecule has 1 aromatic carbocycles. The van der Waals surface area contributed by atoms with Gasteiger partial charge in [-0.2, -0.15) is 4.98 Å². The molecule has 174 valence electrons. The predicted molar refractivity (Wildman–Crippen MR) is 124 cm³/mol. The van der Waals surface area contributed by atoms with Crippen molar-refractivity contribution in [3.8, 4) is 0 Å². The van der Waals surface area contributed by atoms with Crippen LogP contribution in [-0.4, -0.2) is 58.1 Å². The standard InChI is InChI=1S/C23H28FN7O2/c1-4-17-13-30(21-19-18(6-5-11-26-19)27-23(28-21)29-25)14(2)12-31(17)20(22(32)33-3)15-7-9-16(24)10-8-15/h5-11,14,17,20H,4,12-13,25H2,1-3H3,(H,27,28,29)/t14-,17+,20?/m0/s1. The zero-order valence-electron chi connectivity index (χ0n) is 18.9. The van der Waals surface area contributed by atoms with Crippen LogP contribution < -0.4 is 16.2 Å². The monoisotopic (exact) mass is 453 g/mol. The minimum Gasteiger partial charge on any atom is -0.468 e. The van der Waals surface area contributed by atoms with Gasteiger partial charge in [0.1, 0.15) is 17.4 Å². The molecule has 4 rings (SSSR count). The van der Waals surface area contributed by atoms with E-state index in [0.29, 0.717) is 41.5 Å². The number of halogens is 1. The summed E-state index contributed by atoms with van der Waals surface area (Å²) in [7, 11) is 1.37. The third-order valence-electron chi connectivity index (χ3n) is 6.13. The highest BCUT2D eigenvalue weighted by Gasteiger charge is 2.40. The number of rotatable bonds is 6. The van der Waals surface area contributed by atoms with Gasteiger partial charge < -0.3 is 9.64 Å². The smallest absolute Gasteiger partial charge is 0.327 e. The second-order valence-corrected chi connectivity index (χ2v) is 8.12. The molecule has 3 atom stereocenters. The van der Waals surface area contributed by atoms with Crippen LogP contribution in [0.5, 0.6) is 0 Å². The molecule has 0 spiro atoms. The lowest BCUT2D eigenvalue weighted by molar-refractivity contribution is -0.149. The van der Waals surface area contributed by atoms with Crippen LogP contribution in [0.25, 0.3) is 11.0 Å². The average molecular weight is 454 g/mol. The Morgan fingerprint density at radius 3 is 2.70 bits per heavy atom. The lowest BCUT2D eigenvalue weighted by atomic mass is 9.97. The van der Waals surface area contributed by atoms with E-state index >= 15 is 0 Å². The topological polar surface area (TPSA) is 110 Å². The lowest BCUT2D eigenvalue weighted by Crippen LogP contribution is -2.59. The van der Waals surface area contributed by atoms with E-state index in [1.54, 1.807) is 18.3 Å². The van der Waals surface area contributed by atoms with E-state index < -0.39 is 6.04 Å². The molecule has 1 aliphatic heterocycles. The summed E-state index contributed by atoms with van der Waals surface area (Å²) in [6, 6.07) is 9.07. The van der Waals surface area contributed by atoms with Gasteiger partial charge in [-0.15, -0.1) is 0 Å². The van der Waals surface area contributed by atoms with Gasteiger partial charge in [-0.1, -0.05) is 19.1 Å². The summed E-state index contributed by atoms with van der Waals surface area (Å²) in [6.07, 6.45) is 2.50. The summed E-state index contributed by atoms with van der Waals surface area (Å²) in [5, 5.41) is 0. The van der Waals surface area contributed by atoms with Crippen molar-refractivity contribution in [2.45, 2.75) is 38.4 Å². The molecular formula is C23H28FN7O2. The van der Waals surface area contributed by atoms with Crippen LogP contribution >= 0.6 is 0 Å². The first-order valence-electron chi connectivity index (χ1n) is 10.9. The number of esters is 1. The fraction of sp³-hybridized carbons (Fsp3) is 0.391. The number of carbonyl (C=O) groups excluding carboxylic acids is 1. The summed E-state index contributed by atoms with van der Waals surface area (Å²) in [5.41, 5.74) is 4.62. The minimum atomic E-state index is -0.633. The summed E-state index contributed by atoms with van der Waals surface area (Å²) >= 11 is 0. The third kappa shape index (κ3) is 4.44. The Hall–Kier alpha value is -3.37. The van der Waals surface area contributed by atoms with Gasteiger partial charge in [0, 0.05) is 31.4 Å². The zero-order chi connectivity index (χ0) is 23.5. The zero-order valence-corrected chi connectivity index (χ0v) is 18.9. The molecule has 0 aliphatic carbocycles. The number of benzene rings is 1. The van der Waals surface area contributed by atoms with Gasteiger partial charge in [0.15, 0.2) is 5.82 Å². The Bertz CT molecular complexity index is 1130. The highest BCUT2D eigenvalue weighted by molar-refractivity contribution is 5.87. The molecule has 33 heavy (non-hydrogen) atoms. The Labute approximate surface area is 191 Å². The number of methoxy groups -OCH3 is 1. The van der Waals surface area contributed by atoms with Crippen LogP contribution in [0, 0.1) is 5.82 Å². The van der Waals surface area contributed by atoms with Gasteiger partial charge in [0.05, 0.1) is 12.6 Å². The van der Waals surface area contributed by atoms with Gasteiger partial charge in [-0.05, 0) is 43.2 Å². The van der Waals surface area contributed by atoms with Crippen molar-refractivity contribution in [1.82, 2.24) is 19.9 Å². The van der Waals surface area contributed by atoms with E-state index in [2.05, 4.69) is 44.0 Å². The molecule has 0 bridgehead atoms. The number of nitrogens with one attached hydrogen (secondary N) is 1. The van der Waals surface area contributed by atoms with Crippen LogP contribution in [-0.2, 0) is 9.53 Å². The van der Waals surface area contributed by atoms with Crippen molar-refractivity contribution in [2.24, 2.45) is 5.84 Å². The number of carbonyl (C=O) groups is 1. The number of nitrogens with two attached hydrogens (primary N) is 1. The number of aromatic nitrogens is 3. The molecule has 1 unspecified atom stereocenters. The van der Waals surface area contributed by atoms with E-state index in [1.807, 2.05) is 12.1 Å². The molecule has 0 saturated carbocycles. The maximum absolute atomic E-state index is 13.5.